The van der Waals surface area contributed by atoms with E-state index in [1.165, 1.54) is 22.5 Å². The van der Waals surface area contributed by atoms with Crippen molar-refractivity contribution in [2.24, 2.45) is 0 Å². The maximum atomic E-state index is 12.5. The molecule has 3 heterocycles. The highest BCUT2D eigenvalue weighted by molar-refractivity contribution is 7.22. The molecule has 2 aliphatic heterocycles. The van der Waals surface area contributed by atoms with Gasteiger partial charge in [-0.15, -0.1) is 11.3 Å². The largest absolute Gasteiger partial charge is 0.370 e. The molecule has 0 aliphatic carbocycles. The van der Waals surface area contributed by atoms with Gasteiger partial charge in [-0.1, -0.05) is 0 Å². The van der Waals surface area contributed by atoms with Crippen LogP contribution < -0.4 is 15.5 Å². The normalized spacial score (nSPS) is 26.5. The van der Waals surface area contributed by atoms with Crippen molar-refractivity contribution in [2.45, 2.75) is 37.4 Å². The second kappa shape index (κ2) is 5.25. The molecular formula is C17H21N3OS. The van der Waals surface area contributed by atoms with Gasteiger partial charge in [0.15, 0.2) is 0 Å². The van der Waals surface area contributed by atoms with Gasteiger partial charge in [-0.2, -0.15) is 0 Å². The van der Waals surface area contributed by atoms with Crippen molar-refractivity contribution in [3.63, 3.8) is 0 Å². The Hall–Kier alpha value is -1.59. The Bertz CT molecular complexity index is 724. The lowest BCUT2D eigenvalue weighted by atomic mass is 9.95. The minimum Gasteiger partial charge on any atom is -0.370 e. The monoisotopic (exact) mass is 315 g/mol. The van der Waals surface area contributed by atoms with Crippen molar-refractivity contribution < 1.29 is 4.79 Å². The summed E-state index contributed by atoms with van der Waals surface area (Å²) in [6.45, 7) is 0. The lowest BCUT2D eigenvalue weighted by molar-refractivity contribution is 0.0931. The highest BCUT2D eigenvalue weighted by Crippen LogP contribution is 2.32. The summed E-state index contributed by atoms with van der Waals surface area (Å²) in [6.07, 6.45) is 3.51. The number of rotatable bonds is 3. The van der Waals surface area contributed by atoms with E-state index in [1.807, 2.05) is 26.2 Å². The number of nitrogens with one attached hydrogen (secondary N) is 2. The van der Waals surface area contributed by atoms with Crippen LogP contribution in [-0.2, 0) is 0 Å². The Morgan fingerprint density at radius 3 is 2.86 bits per heavy atom. The van der Waals surface area contributed by atoms with E-state index in [0.717, 1.165) is 17.4 Å². The molecular weight excluding hydrogens is 294 g/mol. The predicted molar refractivity (Wildman–Crippen MR) is 92.0 cm³/mol. The Morgan fingerprint density at radius 1 is 1.32 bits per heavy atom. The fourth-order valence-corrected chi connectivity index (χ4v) is 4.59. The van der Waals surface area contributed by atoms with Crippen LogP contribution in [0.15, 0.2) is 24.3 Å². The molecule has 2 N–H and O–H groups in total. The Morgan fingerprint density at radius 2 is 2.18 bits per heavy atom. The molecule has 22 heavy (non-hydrogen) atoms. The number of benzene rings is 1. The van der Waals surface area contributed by atoms with Crippen molar-refractivity contribution in [3.05, 3.63) is 29.8 Å². The lowest BCUT2D eigenvalue weighted by Crippen LogP contribution is -2.42. The van der Waals surface area contributed by atoms with Gasteiger partial charge in [0.05, 0.1) is 5.00 Å². The van der Waals surface area contributed by atoms with Crippen LogP contribution in [-0.4, -0.2) is 38.1 Å². The average Bonchev–Trinajstić information content (AvgIpc) is 3.20. The van der Waals surface area contributed by atoms with Gasteiger partial charge in [0, 0.05) is 42.5 Å². The summed E-state index contributed by atoms with van der Waals surface area (Å²) in [4.78, 5) is 14.6. The molecule has 3 atom stereocenters. The van der Waals surface area contributed by atoms with Gasteiger partial charge in [-0.25, -0.2) is 0 Å². The maximum absolute atomic E-state index is 12.5. The van der Waals surface area contributed by atoms with Gasteiger partial charge in [-0.3, -0.25) is 4.79 Å². The molecule has 1 aromatic heterocycles. The summed E-state index contributed by atoms with van der Waals surface area (Å²) >= 11 is 1.75. The molecule has 2 aromatic rings. The predicted octanol–water partition coefficient (Wildman–Crippen LogP) is 2.59. The van der Waals surface area contributed by atoms with Crippen molar-refractivity contribution in [1.29, 1.82) is 0 Å². The molecule has 0 unspecified atom stereocenters. The van der Waals surface area contributed by atoms with E-state index in [1.54, 1.807) is 11.3 Å². The smallest absolute Gasteiger partial charge is 0.251 e. The zero-order valence-electron chi connectivity index (χ0n) is 12.9. The Labute approximate surface area is 134 Å². The van der Waals surface area contributed by atoms with Crippen LogP contribution in [0.25, 0.3) is 10.1 Å². The minimum absolute atomic E-state index is 0.0545. The first-order valence-corrected chi connectivity index (χ1v) is 8.69. The number of hydrogen-bond acceptors (Lipinski definition) is 4. The van der Waals surface area contributed by atoms with Gasteiger partial charge < -0.3 is 15.5 Å². The molecule has 5 heteroatoms. The summed E-state index contributed by atoms with van der Waals surface area (Å²) < 4.78 is 1.22. The summed E-state index contributed by atoms with van der Waals surface area (Å²) in [7, 11) is 4.08. The van der Waals surface area contributed by atoms with Crippen molar-refractivity contribution >= 4 is 32.3 Å². The summed E-state index contributed by atoms with van der Waals surface area (Å²) in [6, 6.07) is 9.53. The molecule has 0 saturated carbocycles. The van der Waals surface area contributed by atoms with Crippen LogP contribution in [0.4, 0.5) is 5.00 Å². The molecule has 2 aliphatic rings. The second-order valence-electron chi connectivity index (χ2n) is 6.59. The molecule has 0 spiro atoms. The van der Waals surface area contributed by atoms with Gasteiger partial charge in [0.25, 0.3) is 5.91 Å². The molecule has 2 fully saturated rings. The Kier molecular flexibility index (Phi) is 3.35. The van der Waals surface area contributed by atoms with E-state index < -0.39 is 0 Å². The van der Waals surface area contributed by atoms with E-state index in [2.05, 4.69) is 27.7 Å². The third-order valence-corrected chi connectivity index (χ3v) is 6.11. The van der Waals surface area contributed by atoms with E-state index >= 15 is 0 Å². The quantitative estimate of drug-likeness (QED) is 0.915. The third kappa shape index (κ3) is 2.38. The molecule has 1 amide bonds. The van der Waals surface area contributed by atoms with Crippen molar-refractivity contribution in [2.75, 3.05) is 19.0 Å². The molecule has 4 nitrogen and oxygen atoms in total. The van der Waals surface area contributed by atoms with Crippen LogP contribution in [0.5, 0.6) is 0 Å². The van der Waals surface area contributed by atoms with Gasteiger partial charge in [0.1, 0.15) is 0 Å². The second-order valence-corrected chi connectivity index (χ2v) is 7.66. The van der Waals surface area contributed by atoms with Crippen LogP contribution in [0, 0.1) is 0 Å². The fourth-order valence-electron chi connectivity index (χ4n) is 3.63. The topological polar surface area (TPSA) is 44.4 Å². The molecule has 0 radical (unpaired) electrons. The van der Waals surface area contributed by atoms with E-state index in [9.17, 15) is 4.79 Å². The Balaban J connectivity index is 1.54. The molecule has 1 aromatic carbocycles. The first-order chi connectivity index (χ1) is 10.6. The van der Waals surface area contributed by atoms with Crippen molar-refractivity contribution in [1.82, 2.24) is 10.6 Å². The number of carbonyl (C=O) groups is 1. The first kappa shape index (κ1) is 14.0. The lowest BCUT2D eigenvalue weighted by Gasteiger charge is -2.21. The fraction of sp³-hybridized carbons (Fsp3) is 0.471. The van der Waals surface area contributed by atoms with E-state index in [0.29, 0.717) is 18.1 Å². The number of thiophene rings is 1. The molecule has 2 bridgehead atoms. The zero-order valence-corrected chi connectivity index (χ0v) is 13.7. The van der Waals surface area contributed by atoms with Crippen LogP contribution >= 0.6 is 11.3 Å². The number of amides is 1. The van der Waals surface area contributed by atoms with Gasteiger partial charge in [0.2, 0.25) is 0 Å². The van der Waals surface area contributed by atoms with Crippen LogP contribution in [0.2, 0.25) is 0 Å². The molecule has 116 valence electrons. The highest BCUT2D eigenvalue weighted by Gasteiger charge is 2.39. The summed E-state index contributed by atoms with van der Waals surface area (Å²) in [5, 5.41) is 9.13. The zero-order chi connectivity index (χ0) is 15.3. The van der Waals surface area contributed by atoms with Crippen molar-refractivity contribution in [3.8, 4) is 0 Å². The number of fused-ring (bicyclic) bond motifs is 3. The number of hydrogen-bond donors (Lipinski definition) is 2. The van der Waals surface area contributed by atoms with Crippen LogP contribution in [0.3, 0.4) is 0 Å². The number of anilines is 1. The van der Waals surface area contributed by atoms with Gasteiger partial charge in [-0.05, 0) is 48.9 Å². The minimum atomic E-state index is 0.0545. The third-order valence-electron chi connectivity index (χ3n) is 4.82. The summed E-state index contributed by atoms with van der Waals surface area (Å²) in [5.74, 6) is 0.0545. The standard InChI is InChI=1S/C17H21N3OS/c1-20(2)16-8-11-7-10(3-6-15(11)22-16)17(21)19-14-9-12-4-5-13(14)18-12/h3,6-8,12-14,18H,4-5,9H2,1-2H3,(H,19,21)/t12-,13+,14-/m1/s1. The highest BCUT2D eigenvalue weighted by atomic mass is 32.1. The SMILES string of the molecule is CN(C)c1cc2cc(C(=O)N[C@@H]3C[C@H]4CC[C@@H]3N4)ccc2s1. The van der Waals surface area contributed by atoms with E-state index in [4.69, 9.17) is 0 Å². The number of nitrogens with zero attached hydrogens (tertiary/aromatic N) is 1. The molecule has 4 rings (SSSR count). The first-order valence-electron chi connectivity index (χ1n) is 7.88. The van der Waals surface area contributed by atoms with Crippen LogP contribution in [0.1, 0.15) is 29.6 Å². The van der Waals surface area contributed by atoms with Gasteiger partial charge >= 0.3 is 0 Å². The maximum Gasteiger partial charge on any atom is 0.251 e. The van der Waals surface area contributed by atoms with E-state index in [-0.39, 0.29) is 5.91 Å². The average molecular weight is 315 g/mol. The molecule has 2 saturated heterocycles. The number of carbonyl (C=O) groups excluding carboxylic acids is 1. The summed E-state index contributed by atoms with van der Waals surface area (Å²) in [5.41, 5.74) is 0.762.